The Balaban J connectivity index is 1.88. The molecule has 0 atom stereocenters. The number of thioether (sulfide) groups is 4. The van der Waals surface area contributed by atoms with Crippen molar-refractivity contribution in [1.29, 1.82) is 0 Å². The van der Waals surface area contributed by atoms with Crippen LogP contribution in [0.2, 0.25) is 0 Å². The van der Waals surface area contributed by atoms with E-state index in [1.807, 2.05) is 47.0 Å². The zero-order valence-corrected chi connectivity index (χ0v) is 11.3. The quantitative estimate of drug-likeness (QED) is 0.658. The maximum Gasteiger partial charge on any atom is 0.0699 e. The molecule has 0 spiro atoms. The predicted octanol–water partition coefficient (Wildman–Crippen LogP) is 4.88. The van der Waals surface area contributed by atoms with Gasteiger partial charge >= 0.3 is 0 Å². The van der Waals surface area contributed by atoms with Crippen LogP contribution < -0.4 is 0 Å². The number of hydrogen-bond acceptors (Lipinski definition) is 4. The maximum atomic E-state index is 2.22. The van der Waals surface area contributed by atoms with Crippen LogP contribution in [-0.4, -0.2) is 11.5 Å². The number of benzene rings is 1. The summed E-state index contributed by atoms with van der Waals surface area (Å²) in [6.07, 6.45) is 1.36. The highest BCUT2D eigenvalue weighted by atomic mass is 32.2. The Hall–Kier alpha value is 0.360. The normalized spacial score (nSPS) is 20.5. The van der Waals surface area contributed by atoms with Gasteiger partial charge in [0, 0.05) is 9.79 Å². The molecule has 0 saturated carbocycles. The van der Waals surface area contributed by atoms with Crippen molar-refractivity contribution in [1.82, 2.24) is 0 Å². The van der Waals surface area contributed by atoms with Gasteiger partial charge in [0.2, 0.25) is 0 Å². The predicted molar refractivity (Wildman–Crippen MR) is 74.7 cm³/mol. The molecule has 1 aromatic rings. The fraction of sp³-hybridized carbons (Fsp3) is 0.273. The van der Waals surface area contributed by atoms with Gasteiger partial charge < -0.3 is 0 Å². The van der Waals surface area contributed by atoms with E-state index >= 15 is 0 Å². The summed E-state index contributed by atoms with van der Waals surface area (Å²) >= 11 is 7.95. The van der Waals surface area contributed by atoms with Crippen molar-refractivity contribution in [3.63, 3.8) is 0 Å². The lowest BCUT2D eigenvalue weighted by Gasteiger charge is -2.14. The minimum Gasteiger partial charge on any atom is -0.118 e. The van der Waals surface area contributed by atoms with E-state index in [-0.39, 0.29) is 0 Å². The van der Waals surface area contributed by atoms with Crippen molar-refractivity contribution >= 4 is 47.0 Å². The highest BCUT2D eigenvalue weighted by Crippen LogP contribution is 2.56. The summed E-state index contributed by atoms with van der Waals surface area (Å²) in [5.41, 5.74) is 0. The molecular weight excluding hydrogens is 260 g/mol. The first-order valence-electron chi connectivity index (χ1n) is 4.88. The molecule has 1 saturated heterocycles. The van der Waals surface area contributed by atoms with Gasteiger partial charge in [-0.15, -0.1) is 23.5 Å². The Kier molecular flexibility index (Phi) is 3.29. The fourth-order valence-corrected chi connectivity index (χ4v) is 7.03. The second-order valence-corrected chi connectivity index (χ2v) is 8.11. The minimum absolute atomic E-state index is 1.29. The van der Waals surface area contributed by atoms with Gasteiger partial charge in [0.15, 0.2) is 0 Å². The van der Waals surface area contributed by atoms with E-state index in [9.17, 15) is 0 Å². The molecule has 0 radical (unpaired) electrons. The van der Waals surface area contributed by atoms with Crippen LogP contribution in [-0.2, 0) is 0 Å². The monoisotopic (exact) mass is 270 g/mol. The second kappa shape index (κ2) is 4.70. The van der Waals surface area contributed by atoms with Crippen molar-refractivity contribution in [2.75, 3.05) is 11.5 Å². The molecule has 2 aliphatic rings. The Morgan fingerprint density at radius 1 is 0.800 bits per heavy atom. The van der Waals surface area contributed by atoms with Crippen LogP contribution >= 0.6 is 47.0 Å². The molecule has 1 fully saturated rings. The van der Waals surface area contributed by atoms with Gasteiger partial charge in [0.1, 0.15) is 0 Å². The van der Waals surface area contributed by atoms with Crippen LogP contribution in [0.3, 0.4) is 0 Å². The number of rotatable bonds is 0. The summed E-state index contributed by atoms with van der Waals surface area (Å²) < 4.78 is 3.05. The van der Waals surface area contributed by atoms with Crippen molar-refractivity contribution < 1.29 is 0 Å². The summed E-state index contributed by atoms with van der Waals surface area (Å²) in [5, 5.41) is 0. The van der Waals surface area contributed by atoms with E-state index in [2.05, 4.69) is 24.3 Å². The van der Waals surface area contributed by atoms with Gasteiger partial charge in [0.05, 0.1) is 8.47 Å². The van der Waals surface area contributed by atoms with Gasteiger partial charge in [-0.25, -0.2) is 0 Å². The van der Waals surface area contributed by atoms with E-state index in [1.54, 1.807) is 4.24 Å². The standard InChI is InChI=1S/C11H10S4/c1-2-5-9-8(4-1)14-11(15-9)10-12-6-3-7-13-10/h1-2,4-5H,3,6-7H2. The summed E-state index contributed by atoms with van der Waals surface area (Å²) in [6, 6.07) is 8.69. The fourth-order valence-electron chi connectivity index (χ4n) is 1.47. The Morgan fingerprint density at radius 3 is 2.00 bits per heavy atom. The summed E-state index contributed by atoms with van der Waals surface area (Å²) in [5.74, 6) is 2.59. The average molecular weight is 270 g/mol. The maximum absolute atomic E-state index is 2.22. The van der Waals surface area contributed by atoms with Crippen molar-refractivity contribution in [2.45, 2.75) is 16.2 Å². The van der Waals surface area contributed by atoms with Crippen molar-refractivity contribution in [3.05, 3.63) is 32.7 Å². The lowest BCUT2D eigenvalue weighted by Crippen LogP contribution is -1.92. The number of hydrogen-bond donors (Lipinski definition) is 0. The van der Waals surface area contributed by atoms with E-state index in [1.165, 1.54) is 32.0 Å². The highest BCUT2D eigenvalue weighted by Gasteiger charge is 2.22. The third kappa shape index (κ3) is 2.23. The molecule has 4 heteroatoms. The van der Waals surface area contributed by atoms with E-state index in [0.29, 0.717) is 0 Å². The van der Waals surface area contributed by atoms with Gasteiger partial charge in [-0.3, -0.25) is 0 Å². The van der Waals surface area contributed by atoms with Gasteiger partial charge in [0.25, 0.3) is 0 Å². The summed E-state index contributed by atoms with van der Waals surface area (Å²) in [4.78, 5) is 2.86. The lowest BCUT2D eigenvalue weighted by atomic mass is 10.4. The molecule has 0 unspecified atom stereocenters. The minimum atomic E-state index is 1.29. The first kappa shape index (κ1) is 10.5. The van der Waals surface area contributed by atoms with Crippen LogP contribution in [0, 0.1) is 0 Å². The molecule has 2 heterocycles. The summed E-state index contributed by atoms with van der Waals surface area (Å²) in [6.45, 7) is 0. The average Bonchev–Trinajstić information content (AvgIpc) is 2.74. The Labute approximate surface area is 107 Å². The molecule has 0 bridgehead atoms. The molecule has 15 heavy (non-hydrogen) atoms. The van der Waals surface area contributed by atoms with Crippen LogP contribution in [0.25, 0.3) is 0 Å². The molecule has 2 aliphatic heterocycles. The molecule has 3 rings (SSSR count). The SMILES string of the molecule is c1ccc2c(c1)SC(=C1SCCCS1)S2. The molecule has 0 N–H and O–H groups in total. The van der Waals surface area contributed by atoms with Gasteiger partial charge in [-0.05, 0) is 30.1 Å². The molecule has 78 valence electrons. The first-order valence-corrected chi connectivity index (χ1v) is 8.48. The topological polar surface area (TPSA) is 0 Å². The van der Waals surface area contributed by atoms with Gasteiger partial charge in [-0.1, -0.05) is 35.7 Å². The zero-order valence-electron chi connectivity index (χ0n) is 8.06. The van der Waals surface area contributed by atoms with Crippen LogP contribution in [0.4, 0.5) is 0 Å². The Morgan fingerprint density at radius 2 is 1.40 bits per heavy atom. The van der Waals surface area contributed by atoms with E-state index < -0.39 is 0 Å². The van der Waals surface area contributed by atoms with Crippen LogP contribution in [0.15, 0.2) is 42.5 Å². The largest absolute Gasteiger partial charge is 0.118 e. The first-order chi connectivity index (χ1) is 7.43. The van der Waals surface area contributed by atoms with E-state index in [4.69, 9.17) is 0 Å². The Bertz CT molecular complexity index is 376. The molecule has 1 aromatic carbocycles. The smallest absolute Gasteiger partial charge is 0.0699 e. The third-order valence-corrected chi connectivity index (χ3v) is 7.88. The highest BCUT2D eigenvalue weighted by molar-refractivity contribution is 8.29. The molecule has 0 aliphatic carbocycles. The molecular formula is C11H10S4. The van der Waals surface area contributed by atoms with Crippen molar-refractivity contribution in [2.24, 2.45) is 0 Å². The van der Waals surface area contributed by atoms with E-state index in [0.717, 1.165) is 0 Å². The molecule has 0 aromatic heterocycles. The third-order valence-electron chi connectivity index (χ3n) is 2.18. The zero-order chi connectivity index (χ0) is 10.1. The van der Waals surface area contributed by atoms with Crippen LogP contribution in [0.1, 0.15) is 6.42 Å². The summed E-state index contributed by atoms with van der Waals surface area (Å²) in [7, 11) is 0. The van der Waals surface area contributed by atoms with Crippen molar-refractivity contribution in [3.8, 4) is 0 Å². The van der Waals surface area contributed by atoms with Crippen LogP contribution in [0.5, 0.6) is 0 Å². The number of fused-ring (bicyclic) bond motifs is 1. The second-order valence-electron chi connectivity index (χ2n) is 3.28. The molecule has 0 amide bonds. The lowest BCUT2D eigenvalue weighted by molar-refractivity contribution is 1.12. The molecule has 0 nitrogen and oxygen atoms in total. The van der Waals surface area contributed by atoms with Gasteiger partial charge in [-0.2, -0.15) is 0 Å².